The molecule has 0 radical (unpaired) electrons. The predicted octanol–water partition coefficient (Wildman–Crippen LogP) is 1.65. The summed E-state index contributed by atoms with van der Waals surface area (Å²) in [6, 6.07) is 8.85. The van der Waals surface area contributed by atoms with E-state index in [2.05, 4.69) is 10.3 Å². The molecule has 3 rings (SSSR count). The first-order chi connectivity index (χ1) is 9.25. The summed E-state index contributed by atoms with van der Waals surface area (Å²) in [6.45, 7) is 0.400. The number of carbonyl (C=O) groups is 1. The van der Waals surface area contributed by atoms with Crippen LogP contribution in [0, 0.1) is 0 Å². The number of ether oxygens (including phenoxy) is 1. The summed E-state index contributed by atoms with van der Waals surface area (Å²) in [5, 5.41) is 12.4. The van der Waals surface area contributed by atoms with Crippen LogP contribution in [-0.2, 0) is 0 Å². The molecule has 2 heterocycles. The van der Waals surface area contributed by atoms with E-state index in [-0.39, 0.29) is 23.3 Å². The maximum atomic E-state index is 12.1. The molecule has 19 heavy (non-hydrogen) atoms. The van der Waals surface area contributed by atoms with Crippen molar-refractivity contribution in [1.82, 2.24) is 10.3 Å². The minimum Gasteiger partial charge on any atom is -0.505 e. The second-order valence-corrected chi connectivity index (χ2v) is 4.27. The number of rotatable bonds is 2. The zero-order valence-corrected chi connectivity index (χ0v) is 10.0. The molecule has 1 aliphatic rings. The van der Waals surface area contributed by atoms with Crippen LogP contribution in [0.15, 0.2) is 42.7 Å². The van der Waals surface area contributed by atoms with E-state index in [1.54, 1.807) is 0 Å². The Labute approximate surface area is 109 Å². The third kappa shape index (κ3) is 2.10. The fraction of sp³-hybridized carbons (Fsp3) is 0.143. The van der Waals surface area contributed by atoms with Crippen LogP contribution in [-0.4, -0.2) is 22.6 Å². The van der Waals surface area contributed by atoms with E-state index in [4.69, 9.17) is 4.74 Å². The summed E-state index contributed by atoms with van der Waals surface area (Å²) < 4.78 is 5.49. The number of para-hydroxylation sites is 1. The van der Waals surface area contributed by atoms with E-state index in [9.17, 15) is 9.90 Å². The van der Waals surface area contributed by atoms with Gasteiger partial charge in [-0.25, -0.2) is 0 Å². The number of nitrogens with zero attached hydrogens (tertiary/aromatic N) is 1. The van der Waals surface area contributed by atoms with Gasteiger partial charge in [0.2, 0.25) is 0 Å². The highest BCUT2D eigenvalue weighted by atomic mass is 16.5. The molecule has 1 amide bonds. The number of aromatic hydroxyl groups is 1. The number of hydrogen-bond donors (Lipinski definition) is 2. The average molecular weight is 256 g/mol. The zero-order valence-electron chi connectivity index (χ0n) is 10.0. The third-order valence-corrected chi connectivity index (χ3v) is 3.05. The van der Waals surface area contributed by atoms with Gasteiger partial charge in [0, 0.05) is 11.8 Å². The largest absolute Gasteiger partial charge is 0.505 e. The van der Waals surface area contributed by atoms with Crippen LogP contribution < -0.4 is 10.1 Å². The van der Waals surface area contributed by atoms with Gasteiger partial charge in [-0.2, -0.15) is 0 Å². The molecule has 0 saturated heterocycles. The molecule has 0 spiro atoms. The van der Waals surface area contributed by atoms with Crippen molar-refractivity contribution in [3.05, 3.63) is 53.9 Å². The van der Waals surface area contributed by atoms with Crippen molar-refractivity contribution in [2.75, 3.05) is 6.61 Å². The minimum atomic E-state index is -0.342. The lowest BCUT2D eigenvalue weighted by molar-refractivity contribution is 0.0927. The number of nitrogens with one attached hydrogen (secondary N) is 1. The normalized spacial score (nSPS) is 16.5. The van der Waals surface area contributed by atoms with Crippen molar-refractivity contribution < 1.29 is 14.6 Å². The first-order valence-electron chi connectivity index (χ1n) is 5.91. The van der Waals surface area contributed by atoms with Crippen molar-refractivity contribution in [3.63, 3.8) is 0 Å². The Morgan fingerprint density at radius 2 is 2.21 bits per heavy atom. The molecule has 1 aromatic carbocycles. The molecule has 5 heteroatoms. The van der Waals surface area contributed by atoms with E-state index >= 15 is 0 Å². The molecule has 0 fully saturated rings. The number of carbonyl (C=O) groups excluding carboxylic acids is 1. The lowest BCUT2D eigenvalue weighted by Crippen LogP contribution is -2.29. The lowest BCUT2D eigenvalue weighted by atomic mass is 10.1. The maximum Gasteiger partial charge on any atom is 0.255 e. The maximum absolute atomic E-state index is 12.1. The van der Waals surface area contributed by atoms with Crippen LogP contribution in [0.25, 0.3) is 0 Å². The molecule has 96 valence electrons. The second kappa shape index (κ2) is 4.61. The summed E-state index contributed by atoms with van der Waals surface area (Å²) in [5.74, 6) is 0.309. The Bertz CT molecular complexity index is 628. The summed E-state index contributed by atoms with van der Waals surface area (Å²) in [5.41, 5.74) is 1.16. The highest BCUT2D eigenvalue weighted by Crippen LogP contribution is 2.32. The van der Waals surface area contributed by atoms with Crippen molar-refractivity contribution in [2.24, 2.45) is 0 Å². The van der Waals surface area contributed by atoms with E-state index in [0.717, 1.165) is 11.3 Å². The minimum absolute atomic E-state index is 0.132. The summed E-state index contributed by atoms with van der Waals surface area (Å²) in [4.78, 5) is 15.8. The Hall–Kier alpha value is -2.56. The molecule has 5 nitrogen and oxygen atoms in total. The summed E-state index contributed by atoms with van der Waals surface area (Å²) in [6.07, 6.45) is 2.71. The van der Waals surface area contributed by atoms with Crippen molar-refractivity contribution in [1.29, 1.82) is 0 Å². The standard InChI is InChI=1S/C14H12N2O3/c17-12-7-15-6-5-10(12)14(18)16-11-8-19-13-4-2-1-3-9(11)13/h1-7,11,17H,8H2,(H,16,18). The molecular weight excluding hydrogens is 244 g/mol. The first-order valence-corrected chi connectivity index (χ1v) is 5.91. The first kappa shape index (κ1) is 11.5. The Morgan fingerprint density at radius 3 is 3.05 bits per heavy atom. The second-order valence-electron chi connectivity index (χ2n) is 4.27. The summed E-state index contributed by atoms with van der Waals surface area (Å²) >= 11 is 0. The van der Waals surface area contributed by atoms with Gasteiger partial charge in [-0.05, 0) is 12.1 Å². The van der Waals surface area contributed by atoms with Gasteiger partial charge in [0.1, 0.15) is 18.1 Å². The molecule has 1 aliphatic heterocycles. The van der Waals surface area contributed by atoms with Gasteiger partial charge < -0.3 is 15.2 Å². The topological polar surface area (TPSA) is 71.5 Å². The summed E-state index contributed by atoms with van der Waals surface area (Å²) in [7, 11) is 0. The number of amides is 1. The van der Waals surface area contributed by atoms with Gasteiger partial charge in [0.05, 0.1) is 17.8 Å². The molecule has 0 aliphatic carbocycles. The molecule has 1 atom stereocenters. The van der Waals surface area contributed by atoms with Gasteiger partial charge in [-0.1, -0.05) is 18.2 Å². The van der Waals surface area contributed by atoms with E-state index < -0.39 is 0 Å². The number of hydrogen-bond acceptors (Lipinski definition) is 4. The van der Waals surface area contributed by atoms with Crippen LogP contribution in [0.1, 0.15) is 22.0 Å². The van der Waals surface area contributed by atoms with Gasteiger partial charge in [0.25, 0.3) is 5.91 Å². The molecule has 2 aromatic rings. The van der Waals surface area contributed by atoms with Crippen LogP contribution in [0.3, 0.4) is 0 Å². The van der Waals surface area contributed by atoms with E-state index in [1.165, 1.54) is 18.5 Å². The van der Waals surface area contributed by atoms with Gasteiger partial charge in [-0.15, -0.1) is 0 Å². The van der Waals surface area contributed by atoms with Gasteiger partial charge in [0.15, 0.2) is 0 Å². The van der Waals surface area contributed by atoms with Crippen molar-refractivity contribution in [3.8, 4) is 11.5 Å². The molecular formula is C14H12N2O3. The average Bonchev–Trinajstić information content (AvgIpc) is 2.83. The molecule has 1 unspecified atom stereocenters. The highest BCUT2D eigenvalue weighted by Gasteiger charge is 2.26. The third-order valence-electron chi connectivity index (χ3n) is 3.05. The van der Waals surface area contributed by atoms with E-state index in [0.29, 0.717) is 6.61 Å². The molecule has 0 saturated carbocycles. The van der Waals surface area contributed by atoms with Crippen molar-refractivity contribution >= 4 is 5.91 Å². The SMILES string of the molecule is O=C(NC1COc2ccccc21)c1ccncc1O. The smallest absolute Gasteiger partial charge is 0.255 e. The Balaban J connectivity index is 1.81. The quantitative estimate of drug-likeness (QED) is 0.857. The zero-order chi connectivity index (χ0) is 13.2. The number of aromatic nitrogens is 1. The molecule has 0 bridgehead atoms. The fourth-order valence-corrected chi connectivity index (χ4v) is 2.10. The number of benzene rings is 1. The van der Waals surface area contributed by atoms with Crippen molar-refractivity contribution in [2.45, 2.75) is 6.04 Å². The van der Waals surface area contributed by atoms with E-state index in [1.807, 2.05) is 24.3 Å². The van der Waals surface area contributed by atoms with Crippen LogP contribution in [0.5, 0.6) is 11.5 Å². The van der Waals surface area contributed by atoms with Crippen LogP contribution in [0.2, 0.25) is 0 Å². The Kier molecular flexibility index (Phi) is 2.79. The lowest BCUT2D eigenvalue weighted by Gasteiger charge is -2.12. The fourth-order valence-electron chi connectivity index (χ4n) is 2.10. The number of pyridine rings is 1. The van der Waals surface area contributed by atoms with Crippen LogP contribution in [0.4, 0.5) is 0 Å². The highest BCUT2D eigenvalue weighted by molar-refractivity contribution is 5.96. The van der Waals surface area contributed by atoms with Gasteiger partial charge >= 0.3 is 0 Å². The monoisotopic (exact) mass is 256 g/mol. The number of fused-ring (bicyclic) bond motifs is 1. The molecule has 1 aromatic heterocycles. The van der Waals surface area contributed by atoms with Gasteiger partial charge in [-0.3, -0.25) is 9.78 Å². The molecule has 2 N–H and O–H groups in total. The van der Waals surface area contributed by atoms with Crippen LogP contribution >= 0.6 is 0 Å². The predicted molar refractivity (Wildman–Crippen MR) is 68.0 cm³/mol. The Morgan fingerprint density at radius 1 is 1.37 bits per heavy atom.